The molecule has 3 aromatic carbocycles. The van der Waals surface area contributed by atoms with Crippen LogP contribution >= 0.6 is 11.8 Å². The van der Waals surface area contributed by atoms with Crippen LogP contribution in [-0.4, -0.2) is 53.6 Å². The number of hydrogen-bond acceptors (Lipinski definition) is 5. The van der Waals surface area contributed by atoms with Gasteiger partial charge < -0.3 is 15.5 Å². The van der Waals surface area contributed by atoms with Crippen LogP contribution in [0.4, 0.5) is 21.5 Å². The lowest BCUT2D eigenvalue weighted by atomic mass is 9.90. The van der Waals surface area contributed by atoms with Crippen molar-refractivity contribution in [3.8, 4) is 0 Å². The summed E-state index contributed by atoms with van der Waals surface area (Å²) in [7, 11) is 0. The highest BCUT2D eigenvalue weighted by Crippen LogP contribution is 2.49. The summed E-state index contributed by atoms with van der Waals surface area (Å²) in [6.07, 6.45) is 2.16. The quantitative estimate of drug-likeness (QED) is 0.440. The van der Waals surface area contributed by atoms with Crippen molar-refractivity contribution in [3.63, 3.8) is 0 Å². The molecular formula is C30H33FN4OS. The molecule has 6 rings (SSSR count). The Labute approximate surface area is 222 Å². The van der Waals surface area contributed by atoms with E-state index in [0.29, 0.717) is 26.2 Å². The maximum Gasteiger partial charge on any atom is 0.260 e. The Balaban J connectivity index is 1.09. The zero-order chi connectivity index (χ0) is 25.4. The van der Waals surface area contributed by atoms with Crippen LogP contribution in [0.1, 0.15) is 31.2 Å². The largest absolute Gasteiger partial charge is 0.399 e. The second kappa shape index (κ2) is 10.0. The lowest BCUT2D eigenvalue weighted by Gasteiger charge is -2.44. The van der Waals surface area contributed by atoms with E-state index in [2.05, 4.69) is 58.3 Å². The minimum Gasteiger partial charge on any atom is -0.399 e. The maximum atomic E-state index is 15.9. The molecule has 3 aliphatic heterocycles. The molecule has 0 radical (unpaired) electrons. The van der Waals surface area contributed by atoms with Crippen molar-refractivity contribution in [1.82, 2.24) is 9.80 Å². The summed E-state index contributed by atoms with van der Waals surface area (Å²) in [4.78, 5) is 22.3. The molecule has 5 nitrogen and oxygen atoms in total. The number of fused-ring (bicyclic) bond motifs is 2. The molecule has 7 heteroatoms. The summed E-state index contributed by atoms with van der Waals surface area (Å²) < 4.78 is 15.9. The Bertz CT molecular complexity index is 1240. The zero-order valence-corrected chi connectivity index (χ0v) is 21.8. The SMILES string of the molecule is Nc1cccc(CN2CCC(F)(C(=O)N3CCC(N4c5ccccc5Sc5ccccc54)CC3)CC2)c1. The van der Waals surface area contributed by atoms with Crippen molar-refractivity contribution >= 4 is 34.7 Å². The van der Waals surface area contributed by atoms with Gasteiger partial charge in [0.05, 0.1) is 11.4 Å². The number of alkyl halides is 1. The number of halogens is 1. The number of nitrogens with zero attached hydrogens (tertiary/aromatic N) is 3. The Morgan fingerprint density at radius 1 is 0.892 bits per heavy atom. The number of nitrogen functional groups attached to an aromatic ring is 1. The van der Waals surface area contributed by atoms with Crippen LogP contribution in [-0.2, 0) is 11.3 Å². The molecule has 1 amide bonds. The number of anilines is 3. The topological polar surface area (TPSA) is 52.8 Å². The third kappa shape index (κ3) is 4.82. The van der Waals surface area contributed by atoms with E-state index in [1.54, 1.807) is 4.90 Å². The van der Waals surface area contributed by atoms with Crippen molar-refractivity contribution in [1.29, 1.82) is 0 Å². The van der Waals surface area contributed by atoms with Crippen LogP contribution in [0, 0.1) is 0 Å². The summed E-state index contributed by atoms with van der Waals surface area (Å²) in [5.41, 5.74) is 8.45. The smallest absolute Gasteiger partial charge is 0.260 e. The first-order valence-electron chi connectivity index (χ1n) is 13.2. The predicted octanol–water partition coefficient (Wildman–Crippen LogP) is 5.87. The van der Waals surface area contributed by atoms with Crippen LogP contribution in [0.2, 0.25) is 0 Å². The number of rotatable bonds is 4. The van der Waals surface area contributed by atoms with E-state index in [4.69, 9.17) is 5.73 Å². The number of carbonyl (C=O) groups excluding carboxylic acids is 1. The summed E-state index contributed by atoms with van der Waals surface area (Å²) in [5.74, 6) is -0.315. The van der Waals surface area contributed by atoms with Crippen LogP contribution in [0.15, 0.2) is 82.6 Å². The average molecular weight is 517 g/mol. The molecule has 0 bridgehead atoms. The van der Waals surface area contributed by atoms with E-state index in [1.807, 2.05) is 36.0 Å². The molecule has 37 heavy (non-hydrogen) atoms. The van der Waals surface area contributed by atoms with Gasteiger partial charge in [-0.25, -0.2) is 4.39 Å². The van der Waals surface area contributed by atoms with Crippen LogP contribution < -0.4 is 10.6 Å². The maximum absolute atomic E-state index is 15.9. The van der Waals surface area contributed by atoms with Crippen molar-refractivity contribution in [2.75, 3.05) is 36.8 Å². The number of amides is 1. The van der Waals surface area contributed by atoms with Crippen molar-refractivity contribution in [2.45, 2.75) is 53.7 Å². The van der Waals surface area contributed by atoms with Gasteiger partial charge in [0.25, 0.3) is 5.91 Å². The lowest BCUT2D eigenvalue weighted by Crippen LogP contribution is -2.55. The molecule has 3 aromatic rings. The number of para-hydroxylation sites is 2. The van der Waals surface area contributed by atoms with E-state index in [1.165, 1.54) is 21.2 Å². The van der Waals surface area contributed by atoms with Crippen molar-refractivity contribution < 1.29 is 9.18 Å². The van der Waals surface area contributed by atoms with Crippen LogP contribution in [0.25, 0.3) is 0 Å². The van der Waals surface area contributed by atoms with E-state index in [9.17, 15) is 4.79 Å². The van der Waals surface area contributed by atoms with Gasteiger partial charge in [-0.05, 0) is 54.8 Å². The molecule has 2 fully saturated rings. The fourth-order valence-electron chi connectivity index (χ4n) is 5.97. The van der Waals surface area contributed by atoms with Gasteiger partial charge in [0, 0.05) is 67.1 Å². The number of carbonyl (C=O) groups is 1. The van der Waals surface area contributed by atoms with Gasteiger partial charge in [-0.1, -0.05) is 48.2 Å². The van der Waals surface area contributed by atoms with Gasteiger partial charge in [-0.3, -0.25) is 9.69 Å². The number of nitrogens with two attached hydrogens (primary N) is 1. The monoisotopic (exact) mass is 516 g/mol. The molecule has 0 atom stereocenters. The predicted molar refractivity (Wildman–Crippen MR) is 148 cm³/mol. The highest BCUT2D eigenvalue weighted by Gasteiger charge is 2.45. The minimum absolute atomic E-state index is 0.248. The standard InChI is InChI=1S/C30H33FN4OS/c31-30(14-18-33(19-15-30)21-22-6-5-7-23(32)20-22)29(36)34-16-12-24(13-17-34)35-25-8-1-3-10-27(25)37-28-11-4-2-9-26(28)35/h1-11,20,24H,12-19,21,32H2. The Morgan fingerprint density at radius 2 is 1.51 bits per heavy atom. The van der Waals surface area contributed by atoms with Crippen molar-refractivity contribution in [2.24, 2.45) is 0 Å². The molecule has 3 aliphatic rings. The molecule has 2 saturated heterocycles. The molecule has 0 aromatic heterocycles. The Morgan fingerprint density at radius 3 is 2.14 bits per heavy atom. The molecular weight excluding hydrogens is 483 g/mol. The molecule has 0 saturated carbocycles. The molecule has 2 N–H and O–H groups in total. The van der Waals surface area contributed by atoms with Gasteiger partial charge in [0.2, 0.25) is 0 Å². The number of likely N-dealkylation sites (tertiary alicyclic amines) is 2. The highest BCUT2D eigenvalue weighted by molar-refractivity contribution is 7.99. The van der Waals surface area contributed by atoms with Gasteiger partial charge in [0.15, 0.2) is 5.67 Å². The first kappa shape index (κ1) is 24.3. The van der Waals surface area contributed by atoms with Gasteiger partial charge in [0.1, 0.15) is 0 Å². The zero-order valence-electron chi connectivity index (χ0n) is 21.0. The van der Waals surface area contributed by atoms with Crippen molar-refractivity contribution in [3.05, 3.63) is 78.4 Å². The number of piperidine rings is 2. The number of benzene rings is 3. The summed E-state index contributed by atoms with van der Waals surface area (Å²) in [6.45, 7) is 3.07. The van der Waals surface area contributed by atoms with Crippen LogP contribution in [0.3, 0.4) is 0 Å². The second-order valence-electron chi connectivity index (χ2n) is 10.4. The fourth-order valence-corrected chi connectivity index (χ4v) is 7.04. The number of hydrogen-bond donors (Lipinski definition) is 1. The Hall–Kier alpha value is -3.03. The normalized spacial score (nSPS) is 19.8. The molecule has 0 aliphatic carbocycles. The van der Waals surface area contributed by atoms with E-state index in [-0.39, 0.29) is 24.8 Å². The third-order valence-corrected chi connectivity index (χ3v) is 9.11. The summed E-state index contributed by atoms with van der Waals surface area (Å²) >= 11 is 1.81. The first-order valence-corrected chi connectivity index (χ1v) is 14.0. The molecule has 0 unspecified atom stereocenters. The fraction of sp³-hybridized carbons (Fsp3) is 0.367. The molecule has 0 spiro atoms. The van der Waals surface area contributed by atoms with Gasteiger partial charge in [-0.2, -0.15) is 0 Å². The van der Waals surface area contributed by atoms with E-state index < -0.39 is 5.67 Å². The summed E-state index contributed by atoms with van der Waals surface area (Å²) in [6, 6.07) is 25.2. The second-order valence-corrected chi connectivity index (χ2v) is 11.5. The van der Waals surface area contributed by atoms with E-state index in [0.717, 1.165) is 30.6 Å². The van der Waals surface area contributed by atoms with Gasteiger partial charge in [-0.15, -0.1) is 0 Å². The highest BCUT2D eigenvalue weighted by atomic mass is 32.2. The first-order chi connectivity index (χ1) is 18.0. The van der Waals surface area contributed by atoms with E-state index >= 15 is 4.39 Å². The summed E-state index contributed by atoms with van der Waals surface area (Å²) in [5, 5.41) is 0. The van der Waals surface area contributed by atoms with Gasteiger partial charge >= 0.3 is 0 Å². The van der Waals surface area contributed by atoms with Crippen LogP contribution in [0.5, 0.6) is 0 Å². The molecule has 192 valence electrons. The lowest BCUT2D eigenvalue weighted by molar-refractivity contribution is -0.148. The minimum atomic E-state index is -1.76. The Kier molecular flexibility index (Phi) is 6.59. The average Bonchev–Trinajstić information content (AvgIpc) is 2.93. The third-order valence-electron chi connectivity index (χ3n) is 7.98. The molecule has 3 heterocycles.